The van der Waals surface area contributed by atoms with Crippen LogP contribution < -0.4 is 5.32 Å². The fourth-order valence-electron chi connectivity index (χ4n) is 1.68. The van der Waals surface area contributed by atoms with Crippen molar-refractivity contribution in [3.05, 3.63) is 23.2 Å². The van der Waals surface area contributed by atoms with Crippen LogP contribution in [-0.2, 0) is 22.6 Å². The second-order valence-corrected chi connectivity index (χ2v) is 4.52. The van der Waals surface area contributed by atoms with Crippen LogP contribution in [0.1, 0.15) is 29.9 Å². The first kappa shape index (κ1) is 12.6. The molecule has 2 rings (SSSR count). The molecule has 4 heteroatoms. The molecular weight excluding hydrogens is 218 g/mol. The lowest BCUT2D eigenvalue weighted by Crippen LogP contribution is -2.15. The van der Waals surface area contributed by atoms with Crippen molar-refractivity contribution in [1.29, 1.82) is 0 Å². The lowest BCUT2D eigenvalue weighted by molar-refractivity contribution is 0.0533. The standard InChI is InChI=1S/C13H21NO3/c1-10-7-12(9-16-6-5-15-2)17-13(10)8-14-11-3-4-11/h7,11,14H,3-6,8-9H2,1-2H3. The zero-order valence-electron chi connectivity index (χ0n) is 10.6. The van der Waals surface area contributed by atoms with Gasteiger partial charge in [-0.1, -0.05) is 0 Å². The van der Waals surface area contributed by atoms with Gasteiger partial charge in [0.15, 0.2) is 0 Å². The summed E-state index contributed by atoms with van der Waals surface area (Å²) in [5, 5.41) is 3.45. The average molecular weight is 239 g/mol. The van der Waals surface area contributed by atoms with Crippen molar-refractivity contribution in [3.63, 3.8) is 0 Å². The maximum atomic E-state index is 5.74. The number of aryl methyl sites for hydroxylation is 1. The van der Waals surface area contributed by atoms with Crippen LogP contribution in [0.25, 0.3) is 0 Å². The van der Waals surface area contributed by atoms with Gasteiger partial charge in [-0.3, -0.25) is 0 Å². The Hall–Kier alpha value is -0.840. The highest BCUT2D eigenvalue weighted by atomic mass is 16.5. The highest BCUT2D eigenvalue weighted by molar-refractivity contribution is 5.19. The fourth-order valence-corrected chi connectivity index (χ4v) is 1.68. The molecule has 0 saturated heterocycles. The predicted octanol–water partition coefficient (Wildman–Crippen LogP) is 2.00. The smallest absolute Gasteiger partial charge is 0.130 e. The summed E-state index contributed by atoms with van der Waals surface area (Å²) in [7, 11) is 1.67. The topological polar surface area (TPSA) is 43.6 Å². The maximum Gasteiger partial charge on any atom is 0.130 e. The third-order valence-electron chi connectivity index (χ3n) is 2.88. The second kappa shape index (κ2) is 6.19. The average Bonchev–Trinajstić information content (AvgIpc) is 3.07. The van der Waals surface area contributed by atoms with E-state index in [9.17, 15) is 0 Å². The summed E-state index contributed by atoms with van der Waals surface area (Å²) in [6.07, 6.45) is 2.60. The second-order valence-electron chi connectivity index (χ2n) is 4.52. The first-order valence-electron chi connectivity index (χ1n) is 6.18. The molecule has 1 aromatic heterocycles. The molecular formula is C13H21NO3. The van der Waals surface area contributed by atoms with Gasteiger partial charge >= 0.3 is 0 Å². The van der Waals surface area contributed by atoms with Gasteiger partial charge in [-0.2, -0.15) is 0 Å². The van der Waals surface area contributed by atoms with Crippen LogP contribution in [-0.4, -0.2) is 26.4 Å². The molecule has 0 aromatic carbocycles. The van der Waals surface area contributed by atoms with Crippen LogP contribution in [0.2, 0.25) is 0 Å². The minimum atomic E-state index is 0.521. The lowest BCUT2D eigenvalue weighted by Gasteiger charge is -2.01. The van der Waals surface area contributed by atoms with Gasteiger partial charge in [-0.15, -0.1) is 0 Å². The van der Waals surface area contributed by atoms with Crippen molar-refractivity contribution in [1.82, 2.24) is 5.32 Å². The SMILES string of the molecule is COCCOCc1cc(C)c(CNC2CC2)o1. The zero-order chi connectivity index (χ0) is 12.1. The van der Waals surface area contributed by atoms with Crippen LogP contribution in [0.15, 0.2) is 10.5 Å². The van der Waals surface area contributed by atoms with E-state index in [4.69, 9.17) is 13.9 Å². The van der Waals surface area contributed by atoms with E-state index in [1.54, 1.807) is 7.11 Å². The van der Waals surface area contributed by atoms with Gasteiger partial charge in [-0.25, -0.2) is 0 Å². The van der Waals surface area contributed by atoms with Crippen LogP contribution in [0.4, 0.5) is 0 Å². The molecule has 1 aromatic rings. The first-order chi connectivity index (χ1) is 8.29. The van der Waals surface area contributed by atoms with E-state index in [1.165, 1.54) is 18.4 Å². The van der Waals surface area contributed by atoms with Gasteiger partial charge in [0, 0.05) is 13.2 Å². The molecule has 1 N–H and O–H groups in total. The molecule has 0 spiro atoms. The van der Waals surface area contributed by atoms with Gasteiger partial charge in [0.1, 0.15) is 18.1 Å². The molecule has 96 valence electrons. The van der Waals surface area contributed by atoms with Crippen LogP contribution in [0.5, 0.6) is 0 Å². The van der Waals surface area contributed by atoms with Gasteiger partial charge < -0.3 is 19.2 Å². The summed E-state index contributed by atoms with van der Waals surface area (Å²) in [5.74, 6) is 1.92. The molecule has 1 fully saturated rings. The van der Waals surface area contributed by atoms with Gasteiger partial charge in [0.2, 0.25) is 0 Å². The predicted molar refractivity (Wildman–Crippen MR) is 64.8 cm³/mol. The summed E-state index contributed by atoms with van der Waals surface area (Å²) >= 11 is 0. The highest BCUT2D eigenvalue weighted by Gasteiger charge is 2.21. The van der Waals surface area contributed by atoms with Crippen LogP contribution >= 0.6 is 0 Å². The van der Waals surface area contributed by atoms with E-state index in [1.807, 2.05) is 0 Å². The van der Waals surface area contributed by atoms with Crippen molar-refractivity contribution in [3.8, 4) is 0 Å². The van der Waals surface area contributed by atoms with Crippen molar-refractivity contribution in [2.75, 3.05) is 20.3 Å². The van der Waals surface area contributed by atoms with Crippen LogP contribution in [0, 0.1) is 6.92 Å². The summed E-state index contributed by atoms with van der Waals surface area (Å²) in [4.78, 5) is 0. The normalized spacial score (nSPS) is 15.4. The first-order valence-corrected chi connectivity index (χ1v) is 6.18. The molecule has 0 radical (unpaired) electrons. The van der Waals surface area contributed by atoms with E-state index < -0.39 is 0 Å². The van der Waals surface area contributed by atoms with Crippen molar-refractivity contribution in [2.45, 2.75) is 39.0 Å². The number of ether oxygens (including phenoxy) is 2. The molecule has 1 aliphatic carbocycles. The minimum Gasteiger partial charge on any atom is -0.462 e. The fraction of sp³-hybridized carbons (Fsp3) is 0.692. The Morgan fingerprint density at radius 2 is 2.24 bits per heavy atom. The molecule has 0 amide bonds. The Morgan fingerprint density at radius 1 is 1.41 bits per heavy atom. The monoisotopic (exact) mass is 239 g/mol. The van der Waals surface area contributed by atoms with E-state index in [0.29, 0.717) is 25.9 Å². The van der Waals surface area contributed by atoms with E-state index in [2.05, 4.69) is 18.3 Å². The van der Waals surface area contributed by atoms with Crippen molar-refractivity contribution in [2.24, 2.45) is 0 Å². The molecule has 0 bridgehead atoms. The Bertz CT molecular complexity index is 344. The van der Waals surface area contributed by atoms with Crippen molar-refractivity contribution >= 4 is 0 Å². The summed E-state index contributed by atoms with van der Waals surface area (Å²) in [6, 6.07) is 2.76. The number of hydrogen-bond donors (Lipinski definition) is 1. The molecule has 1 saturated carbocycles. The third-order valence-corrected chi connectivity index (χ3v) is 2.88. The van der Waals surface area contributed by atoms with Crippen molar-refractivity contribution < 1.29 is 13.9 Å². The Labute approximate surface area is 102 Å². The summed E-state index contributed by atoms with van der Waals surface area (Å²) in [5.41, 5.74) is 1.20. The minimum absolute atomic E-state index is 0.521. The number of hydrogen-bond acceptors (Lipinski definition) is 4. The number of nitrogens with one attached hydrogen (secondary N) is 1. The zero-order valence-corrected chi connectivity index (χ0v) is 10.6. The molecule has 0 unspecified atom stereocenters. The molecule has 1 heterocycles. The molecule has 1 aliphatic rings. The Morgan fingerprint density at radius 3 is 2.94 bits per heavy atom. The Balaban J connectivity index is 1.75. The van der Waals surface area contributed by atoms with E-state index in [-0.39, 0.29) is 0 Å². The van der Waals surface area contributed by atoms with Gasteiger partial charge in [-0.05, 0) is 31.4 Å². The van der Waals surface area contributed by atoms with Gasteiger partial charge in [0.05, 0.1) is 19.8 Å². The summed E-state index contributed by atoms with van der Waals surface area (Å²) < 4.78 is 16.1. The molecule has 0 atom stereocenters. The molecule has 4 nitrogen and oxygen atoms in total. The quantitative estimate of drug-likeness (QED) is 0.705. The number of rotatable bonds is 8. The molecule has 17 heavy (non-hydrogen) atoms. The lowest BCUT2D eigenvalue weighted by atomic mass is 10.2. The number of methoxy groups -OCH3 is 1. The largest absolute Gasteiger partial charge is 0.462 e. The summed E-state index contributed by atoms with van der Waals surface area (Å²) in [6.45, 7) is 4.65. The van der Waals surface area contributed by atoms with Gasteiger partial charge in [0.25, 0.3) is 0 Å². The molecule has 0 aliphatic heterocycles. The maximum absolute atomic E-state index is 5.74. The van der Waals surface area contributed by atoms with E-state index >= 15 is 0 Å². The van der Waals surface area contributed by atoms with Crippen LogP contribution in [0.3, 0.4) is 0 Å². The number of furan rings is 1. The third kappa shape index (κ3) is 4.15. The highest BCUT2D eigenvalue weighted by Crippen LogP contribution is 2.21. The Kier molecular flexibility index (Phi) is 4.59. The van der Waals surface area contributed by atoms with E-state index in [0.717, 1.165) is 18.1 Å².